The molecule has 0 bridgehead atoms. The molecule has 2 rings (SSSR count). The molecule has 0 aromatic heterocycles. The number of nitro benzene ring substituents is 1. The lowest BCUT2D eigenvalue weighted by Crippen LogP contribution is -2.22. The van der Waals surface area contributed by atoms with Gasteiger partial charge in [0, 0.05) is 6.54 Å². The molecule has 1 aromatic rings. The highest BCUT2D eigenvalue weighted by Gasteiger charge is 2.17. The zero-order valence-electron chi connectivity index (χ0n) is 11.0. The summed E-state index contributed by atoms with van der Waals surface area (Å²) in [7, 11) is 0. The molecule has 0 unspecified atom stereocenters. The van der Waals surface area contributed by atoms with Crippen LogP contribution in [-0.2, 0) is 0 Å². The molecule has 0 aliphatic carbocycles. The lowest BCUT2D eigenvalue weighted by molar-refractivity contribution is -0.383. The summed E-state index contributed by atoms with van der Waals surface area (Å²) < 4.78 is 0. The quantitative estimate of drug-likeness (QED) is 0.355. The van der Waals surface area contributed by atoms with Gasteiger partial charge in [-0.25, -0.2) is 0 Å². The van der Waals surface area contributed by atoms with Crippen molar-refractivity contribution in [2.75, 3.05) is 37.2 Å². The number of nitrogen functional groups attached to an aromatic ring is 1. The Morgan fingerprint density at radius 1 is 1.37 bits per heavy atom. The van der Waals surface area contributed by atoms with Crippen molar-refractivity contribution in [2.45, 2.75) is 19.3 Å². The van der Waals surface area contributed by atoms with Crippen LogP contribution in [0.3, 0.4) is 0 Å². The van der Waals surface area contributed by atoms with E-state index in [1.807, 2.05) is 0 Å². The molecular weight excluding hydrogens is 244 g/mol. The third-order valence-corrected chi connectivity index (χ3v) is 3.42. The zero-order chi connectivity index (χ0) is 13.7. The molecule has 0 saturated carbocycles. The number of anilines is 2. The van der Waals surface area contributed by atoms with E-state index in [9.17, 15) is 10.1 Å². The van der Waals surface area contributed by atoms with Crippen LogP contribution >= 0.6 is 0 Å². The van der Waals surface area contributed by atoms with Gasteiger partial charge in [-0.2, -0.15) is 0 Å². The fraction of sp³-hybridized carbons (Fsp3) is 0.538. The number of nitro groups is 1. The van der Waals surface area contributed by atoms with Crippen molar-refractivity contribution in [1.82, 2.24) is 4.90 Å². The molecule has 19 heavy (non-hydrogen) atoms. The third-order valence-electron chi connectivity index (χ3n) is 3.42. The molecule has 0 atom stereocenters. The van der Waals surface area contributed by atoms with Crippen molar-refractivity contribution in [2.24, 2.45) is 0 Å². The number of nitrogens with zero attached hydrogens (tertiary/aromatic N) is 2. The predicted octanol–water partition coefficient (Wildman–Crippen LogP) is 2.07. The number of nitrogens with two attached hydrogens (primary N) is 1. The Morgan fingerprint density at radius 3 is 2.79 bits per heavy atom. The summed E-state index contributed by atoms with van der Waals surface area (Å²) in [5, 5.41) is 14.1. The normalized spacial score (nSPS) is 15.6. The van der Waals surface area contributed by atoms with Crippen LogP contribution in [0, 0.1) is 10.1 Å². The van der Waals surface area contributed by atoms with Crippen LogP contribution in [0.15, 0.2) is 18.2 Å². The molecule has 3 N–H and O–H groups in total. The van der Waals surface area contributed by atoms with Crippen molar-refractivity contribution in [3.05, 3.63) is 28.3 Å². The largest absolute Gasteiger partial charge is 0.393 e. The molecule has 104 valence electrons. The number of benzene rings is 1. The minimum atomic E-state index is -0.432. The Bertz CT molecular complexity index is 444. The molecular formula is C13H20N4O2. The molecule has 6 nitrogen and oxygen atoms in total. The number of rotatable bonds is 6. The van der Waals surface area contributed by atoms with Gasteiger partial charge >= 0.3 is 5.69 Å². The number of likely N-dealkylation sites (tertiary alicyclic amines) is 1. The molecule has 1 aliphatic heterocycles. The van der Waals surface area contributed by atoms with Crippen LogP contribution in [0.4, 0.5) is 17.1 Å². The van der Waals surface area contributed by atoms with Gasteiger partial charge in [0.2, 0.25) is 0 Å². The summed E-state index contributed by atoms with van der Waals surface area (Å²) in [4.78, 5) is 13.0. The van der Waals surface area contributed by atoms with E-state index in [0.29, 0.717) is 5.69 Å². The number of para-hydroxylation sites is 1. The first-order chi connectivity index (χ1) is 9.18. The van der Waals surface area contributed by atoms with Crippen molar-refractivity contribution in [3.63, 3.8) is 0 Å². The first kappa shape index (κ1) is 13.6. The van der Waals surface area contributed by atoms with E-state index >= 15 is 0 Å². The van der Waals surface area contributed by atoms with Gasteiger partial charge in [0.25, 0.3) is 0 Å². The Labute approximate surface area is 112 Å². The second kappa shape index (κ2) is 6.38. The SMILES string of the molecule is Nc1cccc(NCCCN2CCCC2)c1[N+](=O)[O-]. The smallest absolute Gasteiger partial charge is 0.314 e. The van der Waals surface area contributed by atoms with Crippen molar-refractivity contribution < 1.29 is 4.92 Å². The van der Waals surface area contributed by atoms with Crippen LogP contribution in [0.1, 0.15) is 19.3 Å². The van der Waals surface area contributed by atoms with Gasteiger partial charge in [0.05, 0.1) is 4.92 Å². The van der Waals surface area contributed by atoms with Gasteiger partial charge in [-0.05, 0) is 51.0 Å². The lowest BCUT2D eigenvalue weighted by atomic mass is 10.2. The van der Waals surface area contributed by atoms with Crippen LogP contribution < -0.4 is 11.1 Å². The van der Waals surface area contributed by atoms with Gasteiger partial charge in [-0.15, -0.1) is 0 Å². The molecule has 0 amide bonds. The average Bonchev–Trinajstić information content (AvgIpc) is 2.87. The van der Waals surface area contributed by atoms with Crippen molar-refractivity contribution >= 4 is 17.1 Å². The van der Waals surface area contributed by atoms with E-state index in [4.69, 9.17) is 5.73 Å². The first-order valence-corrected chi connectivity index (χ1v) is 6.67. The average molecular weight is 264 g/mol. The summed E-state index contributed by atoms with van der Waals surface area (Å²) >= 11 is 0. The maximum absolute atomic E-state index is 11.0. The molecule has 1 heterocycles. The molecule has 0 spiro atoms. The van der Waals surface area contributed by atoms with Gasteiger partial charge in [-0.3, -0.25) is 10.1 Å². The maximum Gasteiger partial charge on any atom is 0.314 e. The van der Waals surface area contributed by atoms with Crippen molar-refractivity contribution in [3.8, 4) is 0 Å². The summed E-state index contributed by atoms with van der Waals surface area (Å²) in [5.41, 5.74) is 6.32. The minimum Gasteiger partial charge on any atom is -0.393 e. The molecule has 1 aromatic carbocycles. The number of nitrogens with one attached hydrogen (secondary N) is 1. The fourth-order valence-corrected chi connectivity index (χ4v) is 2.44. The molecule has 1 aliphatic rings. The fourth-order valence-electron chi connectivity index (χ4n) is 2.44. The Balaban J connectivity index is 1.85. The first-order valence-electron chi connectivity index (χ1n) is 6.67. The Kier molecular flexibility index (Phi) is 4.57. The lowest BCUT2D eigenvalue weighted by Gasteiger charge is -2.14. The van der Waals surface area contributed by atoms with Crippen LogP contribution in [0.25, 0.3) is 0 Å². The molecule has 1 fully saturated rings. The predicted molar refractivity (Wildman–Crippen MR) is 76.3 cm³/mol. The van der Waals surface area contributed by atoms with E-state index in [1.54, 1.807) is 18.2 Å². The van der Waals surface area contributed by atoms with Gasteiger partial charge < -0.3 is 16.0 Å². The van der Waals surface area contributed by atoms with Gasteiger partial charge in [-0.1, -0.05) is 6.07 Å². The summed E-state index contributed by atoms with van der Waals surface area (Å²) in [6.45, 7) is 4.13. The summed E-state index contributed by atoms with van der Waals surface area (Å²) in [5.74, 6) is 0. The molecule has 0 radical (unpaired) electrons. The number of hydrogen-bond donors (Lipinski definition) is 2. The Morgan fingerprint density at radius 2 is 2.11 bits per heavy atom. The second-order valence-electron chi connectivity index (χ2n) is 4.83. The minimum absolute atomic E-state index is 0.0244. The monoisotopic (exact) mass is 264 g/mol. The topological polar surface area (TPSA) is 84.4 Å². The molecule has 1 saturated heterocycles. The second-order valence-corrected chi connectivity index (χ2v) is 4.83. The van der Waals surface area contributed by atoms with Gasteiger partial charge in [0.15, 0.2) is 0 Å². The van der Waals surface area contributed by atoms with Crippen LogP contribution in [0.2, 0.25) is 0 Å². The van der Waals surface area contributed by atoms with E-state index in [1.165, 1.54) is 25.9 Å². The third kappa shape index (κ3) is 3.57. The van der Waals surface area contributed by atoms with Crippen LogP contribution in [0.5, 0.6) is 0 Å². The molecule has 6 heteroatoms. The van der Waals surface area contributed by atoms with Crippen LogP contribution in [-0.4, -0.2) is 36.0 Å². The Hall–Kier alpha value is -1.82. The maximum atomic E-state index is 11.0. The highest BCUT2D eigenvalue weighted by atomic mass is 16.6. The number of hydrogen-bond acceptors (Lipinski definition) is 5. The van der Waals surface area contributed by atoms with Crippen molar-refractivity contribution in [1.29, 1.82) is 0 Å². The zero-order valence-corrected chi connectivity index (χ0v) is 11.0. The van der Waals surface area contributed by atoms with E-state index in [2.05, 4.69) is 10.2 Å². The van der Waals surface area contributed by atoms with Gasteiger partial charge in [0.1, 0.15) is 11.4 Å². The summed E-state index contributed by atoms with van der Waals surface area (Å²) in [6, 6.07) is 4.98. The summed E-state index contributed by atoms with van der Waals surface area (Å²) in [6.07, 6.45) is 3.55. The van der Waals surface area contributed by atoms with E-state index < -0.39 is 4.92 Å². The highest BCUT2D eigenvalue weighted by molar-refractivity contribution is 5.74. The van der Waals surface area contributed by atoms with E-state index in [0.717, 1.165) is 19.5 Å². The van der Waals surface area contributed by atoms with E-state index in [-0.39, 0.29) is 11.4 Å². The standard InChI is InChI=1S/C13H20N4O2/c14-11-5-3-6-12(13(11)17(18)19)15-7-4-10-16-8-1-2-9-16/h3,5-6,15H,1-2,4,7-10,14H2. The highest BCUT2D eigenvalue weighted by Crippen LogP contribution is 2.30.